The topological polar surface area (TPSA) is 30.2 Å². The van der Waals surface area contributed by atoms with Gasteiger partial charge in [0.05, 0.1) is 5.56 Å². The molecule has 78 valence electrons. The fourth-order valence-electron chi connectivity index (χ4n) is 1.39. The van der Waals surface area contributed by atoms with Gasteiger partial charge in [0.2, 0.25) is 0 Å². The molecule has 2 aromatic rings. The van der Waals surface area contributed by atoms with Crippen LogP contribution < -0.4 is 0 Å². The quantitative estimate of drug-likeness (QED) is 0.682. The van der Waals surface area contributed by atoms with E-state index in [1.165, 1.54) is 18.2 Å². The highest BCUT2D eigenvalue weighted by Crippen LogP contribution is 2.36. The maximum Gasteiger partial charge on any atom is 0.420 e. The van der Waals surface area contributed by atoms with Gasteiger partial charge in [-0.1, -0.05) is 12.1 Å². The van der Waals surface area contributed by atoms with Crippen molar-refractivity contribution >= 4 is 17.3 Å². The van der Waals surface area contributed by atoms with Gasteiger partial charge in [-0.15, -0.1) is 0 Å². The Hall–Kier alpha value is -1.78. The highest BCUT2D eigenvalue weighted by Gasteiger charge is 2.34. The van der Waals surface area contributed by atoms with Crippen molar-refractivity contribution in [1.82, 2.24) is 0 Å². The van der Waals surface area contributed by atoms with Crippen LogP contribution in [0.15, 0.2) is 28.9 Å². The Morgan fingerprint density at radius 3 is 2.60 bits per heavy atom. The summed E-state index contributed by atoms with van der Waals surface area (Å²) in [4.78, 5) is 10.5. The first-order chi connectivity index (χ1) is 7.04. The van der Waals surface area contributed by atoms with Crippen molar-refractivity contribution in [3.63, 3.8) is 0 Å². The molecule has 1 heterocycles. The lowest BCUT2D eigenvalue weighted by Crippen LogP contribution is -2.03. The summed E-state index contributed by atoms with van der Waals surface area (Å²) in [6.07, 6.45) is -3.38. The number of benzene rings is 1. The number of aldehydes is 1. The fourth-order valence-corrected chi connectivity index (χ4v) is 1.39. The zero-order valence-corrected chi connectivity index (χ0v) is 7.34. The van der Waals surface area contributed by atoms with E-state index < -0.39 is 11.7 Å². The maximum atomic E-state index is 12.4. The molecule has 0 spiro atoms. The van der Waals surface area contributed by atoms with Gasteiger partial charge in [0.25, 0.3) is 0 Å². The molecule has 0 saturated carbocycles. The van der Waals surface area contributed by atoms with E-state index in [-0.39, 0.29) is 16.5 Å². The second-order valence-electron chi connectivity index (χ2n) is 2.99. The zero-order valence-electron chi connectivity index (χ0n) is 7.34. The molecule has 0 unspecified atom stereocenters. The summed E-state index contributed by atoms with van der Waals surface area (Å²) in [6.45, 7) is 0. The van der Waals surface area contributed by atoms with Crippen molar-refractivity contribution in [3.8, 4) is 0 Å². The molecule has 0 radical (unpaired) electrons. The lowest BCUT2D eigenvalue weighted by atomic mass is 10.1. The van der Waals surface area contributed by atoms with Crippen LogP contribution in [0, 0.1) is 0 Å². The van der Waals surface area contributed by atoms with Crippen molar-refractivity contribution in [1.29, 1.82) is 0 Å². The number of alkyl halides is 3. The van der Waals surface area contributed by atoms with E-state index in [4.69, 9.17) is 4.42 Å². The minimum atomic E-state index is -4.47. The van der Waals surface area contributed by atoms with Crippen LogP contribution in [0.25, 0.3) is 11.0 Å². The van der Waals surface area contributed by atoms with Crippen molar-refractivity contribution in [2.75, 3.05) is 0 Å². The van der Waals surface area contributed by atoms with E-state index in [0.717, 1.165) is 0 Å². The number of carbonyl (C=O) groups is 1. The Morgan fingerprint density at radius 2 is 2.00 bits per heavy atom. The third-order valence-corrected chi connectivity index (χ3v) is 2.06. The molecule has 0 aliphatic carbocycles. The minimum Gasteiger partial charge on any atom is -0.463 e. The first kappa shape index (κ1) is 9.76. The summed E-state index contributed by atoms with van der Waals surface area (Å²) in [5.74, 6) is 0. The Morgan fingerprint density at radius 1 is 1.27 bits per heavy atom. The number of halogens is 3. The molecule has 0 aliphatic rings. The van der Waals surface area contributed by atoms with E-state index in [0.29, 0.717) is 12.5 Å². The molecule has 2 rings (SSSR count). The highest BCUT2D eigenvalue weighted by atomic mass is 19.4. The third kappa shape index (κ3) is 1.49. The van der Waals surface area contributed by atoms with Gasteiger partial charge in [0, 0.05) is 5.39 Å². The molecule has 1 aromatic heterocycles. The lowest BCUT2D eigenvalue weighted by molar-refractivity contribution is -0.136. The van der Waals surface area contributed by atoms with E-state index >= 15 is 0 Å². The average Bonchev–Trinajstić information content (AvgIpc) is 2.59. The first-order valence-electron chi connectivity index (χ1n) is 4.06. The van der Waals surface area contributed by atoms with Crippen LogP contribution in [0.2, 0.25) is 0 Å². The Balaban J connectivity index is 2.77. The Bertz CT molecular complexity index is 511. The van der Waals surface area contributed by atoms with Crippen molar-refractivity contribution in [2.24, 2.45) is 0 Å². The molecule has 1 aromatic carbocycles. The largest absolute Gasteiger partial charge is 0.463 e. The molecule has 15 heavy (non-hydrogen) atoms. The second-order valence-corrected chi connectivity index (χ2v) is 2.99. The van der Waals surface area contributed by atoms with Crippen LogP contribution in [-0.4, -0.2) is 6.29 Å². The van der Waals surface area contributed by atoms with Crippen LogP contribution in [0.3, 0.4) is 0 Å². The monoisotopic (exact) mass is 214 g/mol. The molecule has 5 heteroatoms. The molecular weight excluding hydrogens is 209 g/mol. The van der Waals surface area contributed by atoms with Gasteiger partial charge in [-0.3, -0.25) is 4.79 Å². The van der Waals surface area contributed by atoms with Crippen LogP contribution in [-0.2, 0) is 6.18 Å². The van der Waals surface area contributed by atoms with Gasteiger partial charge in [-0.2, -0.15) is 13.2 Å². The average molecular weight is 214 g/mol. The number of fused-ring (bicyclic) bond motifs is 1. The summed E-state index contributed by atoms with van der Waals surface area (Å²) < 4.78 is 42.1. The predicted octanol–water partition coefficient (Wildman–Crippen LogP) is 3.26. The normalized spacial score (nSPS) is 11.9. The summed E-state index contributed by atoms with van der Waals surface area (Å²) in [7, 11) is 0. The lowest BCUT2D eigenvalue weighted by Gasteiger charge is -2.02. The smallest absolute Gasteiger partial charge is 0.420 e. The number of furan rings is 1. The highest BCUT2D eigenvalue weighted by molar-refractivity contribution is 5.96. The second kappa shape index (κ2) is 3.12. The number of hydrogen-bond donors (Lipinski definition) is 0. The van der Waals surface area contributed by atoms with Crippen LogP contribution in [0.4, 0.5) is 13.2 Å². The molecule has 0 amide bonds. The number of para-hydroxylation sites is 1. The van der Waals surface area contributed by atoms with Crippen molar-refractivity contribution in [3.05, 3.63) is 35.6 Å². The predicted molar refractivity (Wildman–Crippen MR) is 46.6 cm³/mol. The molecular formula is C10H5F3O2. The summed E-state index contributed by atoms with van der Waals surface area (Å²) >= 11 is 0. The molecule has 0 fully saturated rings. The fraction of sp³-hybridized carbons (Fsp3) is 0.100. The maximum absolute atomic E-state index is 12.4. The number of rotatable bonds is 1. The SMILES string of the molecule is O=Cc1cccc2c(C(F)(F)F)coc12. The molecule has 0 bridgehead atoms. The first-order valence-corrected chi connectivity index (χ1v) is 4.06. The number of hydrogen-bond acceptors (Lipinski definition) is 2. The molecule has 0 N–H and O–H groups in total. The van der Waals surface area contributed by atoms with Gasteiger partial charge in [0.15, 0.2) is 6.29 Å². The van der Waals surface area contributed by atoms with Crippen LogP contribution >= 0.6 is 0 Å². The van der Waals surface area contributed by atoms with Gasteiger partial charge in [-0.05, 0) is 6.07 Å². The van der Waals surface area contributed by atoms with E-state index in [1.54, 1.807) is 0 Å². The molecule has 0 saturated heterocycles. The third-order valence-electron chi connectivity index (χ3n) is 2.06. The zero-order chi connectivity index (χ0) is 11.1. The van der Waals surface area contributed by atoms with Crippen molar-refractivity contribution < 1.29 is 22.4 Å². The van der Waals surface area contributed by atoms with Gasteiger partial charge in [0.1, 0.15) is 17.4 Å². The summed E-state index contributed by atoms with van der Waals surface area (Å²) in [5.41, 5.74) is -0.774. The summed E-state index contributed by atoms with van der Waals surface area (Å²) in [6, 6.07) is 4.06. The molecule has 2 nitrogen and oxygen atoms in total. The molecule has 0 atom stereocenters. The summed E-state index contributed by atoms with van der Waals surface area (Å²) in [5, 5.41) is -0.0906. The van der Waals surface area contributed by atoms with Gasteiger partial charge < -0.3 is 4.42 Å². The van der Waals surface area contributed by atoms with E-state index in [2.05, 4.69) is 0 Å². The Kier molecular flexibility index (Phi) is 2.03. The molecule has 0 aliphatic heterocycles. The van der Waals surface area contributed by atoms with Gasteiger partial charge in [-0.25, -0.2) is 0 Å². The van der Waals surface area contributed by atoms with Crippen LogP contribution in [0.5, 0.6) is 0 Å². The van der Waals surface area contributed by atoms with Crippen LogP contribution in [0.1, 0.15) is 15.9 Å². The van der Waals surface area contributed by atoms with Crippen molar-refractivity contribution in [2.45, 2.75) is 6.18 Å². The van der Waals surface area contributed by atoms with Gasteiger partial charge >= 0.3 is 6.18 Å². The number of carbonyl (C=O) groups excluding carboxylic acids is 1. The minimum absolute atomic E-state index is 0.0279. The Labute approximate surface area is 82.3 Å². The van der Waals surface area contributed by atoms with E-state index in [1.807, 2.05) is 0 Å². The standard InChI is InChI=1S/C10H5F3O2/c11-10(12,13)8-5-15-9-6(4-14)2-1-3-7(8)9/h1-5H. The van der Waals surface area contributed by atoms with E-state index in [9.17, 15) is 18.0 Å².